The first kappa shape index (κ1) is 18.0. The van der Waals surface area contributed by atoms with Crippen molar-refractivity contribution in [1.29, 1.82) is 0 Å². The Labute approximate surface area is 135 Å². The monoisotopic (exact) mass is 360 g/mol. The normalized spacial score (nSPS) is 12.0. The van der Waals surface area contributed by atoms with Crippen LogP contribution in [0.1, 0.15) is 10.4 Å². The van der Waals surface area contributed by atoms with Gasteiger partial charge in [-0.1, -0.05) is 18.2 Å². The van der Waals surface area contributed by atoms with Crippen LogP contribution in [0.15, 0.2) is 54.6 Å². The summed E-state index contributed by atoms with van der Waals surface area (Å²) in [6, 6.07) is 14.2. The minimum atomic E-state index is -5.80. The van der Waals surface area contributed by atoms with Gasteiger partial charge in [-0.05, 0) is 36.4 Å². The number of ether oxygens (including phenoxy) is 1. The van der Waals surface area contributed by atoms with Gasteiger partial charge < -0.3 is 4.74 Å². The predicted molar refractivity (Wildman–Crippen MR) is 78.2 cm³/mol. The fraction of sp³-hybridized carbons (Fsp3) is 0.133. The molecule has 0 aliphatic heterocycles. The Morgan fingerprint density at radius 3 is 2.00 bits per heavy atom. The number of alkyl halides is 3. The first-order valence-electron chi connectivity index (χ1n) is 6.51. The molecule has 0 saturated heterocycles. The third-order valence-electron chi connectivity index (χ3n) is 2.78. The Bertz CT molecular complexity index is 799. The van der Waals surface area contributed by atoms with Crippen molar-refractivity contribution in [2.45, 2.75) is 5.51 Å². The number of ketones is 1. The first-order chi connectivity index (χ1) is 11.2. The van der Waals surface area contributed by atoms with Crippen LogP contribution in [0, 0.1) is 0 Å². The van der Waals surface area contributed by atoms with Crippen LogP contribution < -0.4 is 4.74 Å². The molecule has 0 bridgehead atoms. The van der Waals surface area contributed by atoms with E-state index in [1.807, 2.05) is 6.07 Å². The topological polar surface area (TPSA) is 69.7 Å². The highest BCUT2D eigenvalue weighted by molar-refractivity contribution is 7.87. The minimum absolute atomic E-state index is 0.00668. The third kappa shape index (κ3) is 4.56. The summed E-state index contributed by atoms with van der Waals surface area (Å²) in [5, 5.41) is 0. The molecule has 0 spiro atoms. The number of halogens is 3. The fourth-order valence-corrected chi connectivity index (χ4v) is 2.01. The van der Waals surface area contributed by atoms with Gasteiger partial charge in [0.25, 0.3) is 0 Å². The van der Waals surface area contributed by atoms with Crippen molar-refractivity contribution in [1.82, 2.24) is 0 Å². The minimum Gasteiger partial charge on any atom is -0.457 e. The molecule has 2 rings (SSSR count). The summed E-state index contributed by atoms with van der Waals surface area (Å²) in [6.07, 6.45) is 0. The molecule has 5 nitrogen and oxygen atoms in total. The van der Waals surface area contributed by atoms with Gasteiger partial charge in [0.15, 0.2) is 5.78 Å². The molecule has 0 fully saturated rings. The third-order valence-corrected chi connectivity index (χ3v) is 3.78. The zero-order chi connectivity index (χ0) is 17.8. The van der Waals surface area contributed by atoms with E-state index >= 15 is 0 Å². The van der Waals surface area contributed by atoms with Gasteiger partial charge in [0.2, 0.25) is 0 Å². The molecule has 24 heavy (non-hydrogen) atoms. The zero-order valence-corrected chi connectivity index (χ0v) is 12.8. The van der Waals surface area contributed by atoms with Crippen molar-refractivity contribution in [2.75, 3.05) is 6.61 Å². The summed E-state index contributed by atoms with van der Waals surface area (Å²) in [4.78, 5) is 11.7. The lowest BCUT2D eigenvalue weighted by Gasteiger charge is -2.08. The van der Waals surface area contributed by atoms with Crippen LogP contribution in [-0.2, 0) is 14.3 Å². The zero-order valence-electron chi connectivity index (χ0n) is 12.0. The summed E-state index contributed by atoms with van der Waals surface area (Å²) in [6.45, 7) is -1.24. The summed E-state index contributed by atoms with van der Waals surface area (Å²) in [5.41, 5.74) is -5.58. The van der Waals surface area contributed by atoms with Gasteiger partial charge in [-0.3, -0.25) is 8.98 Å². The lowest BCUT2D eigenvalue weighted by molar-refractivity contribution is -0.0536. The van der Waals surface area contributed by atoms with Gasteiger partial charge in [0.05, 0.1) is 0 Å². The van der Waals surface area contributed by atoms with Crippen molar-refractivity contribution in [3.8, 4) is 11.5 Å². The summed E-state index contributed by atoms with van der Waals surface area (Å²) >= 11 is 0. The standard InChI is InChI=1S/C15H11F3O5S/c16-15(17,18)24(20,21)22-10-14(19)11-6-8-13(9-7-11)23-12-4-2-1-3-5-12/h1-9H,10H2. The van der Waals surface area contributed by atoms with Crippen molar-refractivity contribution >= 4 is 15.9 Å². The molecule has 0 aliphatic carbocycles. The number of rotatable bonds is 6. The molecule has 0 radical (unpaired) electrons. The van der Waals surface area contributed by atoms with Crippen molar-refractivity contribution < 1.29 is 35.3 Å². The summed E-state index contributed by atoms with van der Waals surface area (Å²) in [5.74, 6) is 0.0619. The maximum absolute atomic E-state index is 12.1. The van der Waals surface area contributed by atoms with Crippen LogP contribution in [0.25, 0.3) is 0 Å². The number of hydrogen-bond donors (Lipinski definition) is 0. The number of Topliss-reactive ketones (excluding diaryl/α,β-unsaturated/α-hetero) is 1. The van der Waals surface area contributed by atoms with Crippen LogP contribution in [-0.4, -0.2) is 26.3 Å². The number of para-hydroxylation sites is 1. The van der Waals surface area contributed by atoms with E-state index in [1.165, 1.54) is 24.3 Å². The molecule has 0 aromatic heterocycles. The van der Waals surface area contributed by atoms with Crippen molar-refractivity contribution in [3.05, 3.63) is 60.2 Å². The quantitative estimate of drug-likeness (QED) is 0.448. The number of carbonyl (C=O) groups excluding carboxylic acids is 1. The van der Waals surface area contributed by atoms with Gasteiger partial charge in [0.1, 0.15) is 18.1 Å². The lowest BCUT2D eigenvalue weighted by atomic mass is 10.1. The predicted octanol–water partition coefficient (Wildman–Crippen LogP) is 3.53. The van der Waals surface area contributed by atoms with Gasteiger partial charge in [-0.2, -0.15) is 21.6 Å². The Balaban J connectivity index is 1.99. The molecule has 0 amide bonds. The van der Waals surface area contributed by atoms with Gasteiger partial charge >= 0.3 is 15.6 Å². The molecule has 2 aromatic carbocycles. The van der Waals surface area contributed by atoms with Gasteiger partial charge in [0, 0.05) is 5.56 Å². The first-order valence-corrected chi connectivity index (χ1v) is 7.92. The van der Waals surface area contributed by atoms with Crippen LogP contribution in [0.4, 0.5) is 13.2 Å². The van der Waals surface area contributed by atoms with E-state index in [4.69, 9.17) is 4.74 Å². The molecule has 0 aliphatic rings. The van der Waals surface area contributed by atoms with Crippen LogP contribution in [0.3, 0.4) is 0 Å². The van der Waals surface area contributed by atoms with Crippen LogP contribution in [0.5, 0.6) is 11.5 Å². The molecule has 0 atom stereocenters. The molecule has 2 aromatic rings. The smallest absolute Gasteiger partial charge is 0.457 e. The maximum atomic E-state index is 12.1. The molecule has 0 unspecified atom stereocenters. The number of hydrogen-bond acceptors (Lipinski definition) is 5. The van der Waals surface area contributed by atoms with Crippen LogP contribution >= 0.6 is 0 Å². The molecule has 128 valence electrons. The average molecular weight is 360 g/mol. The molecular weight excluding hydrogens is 349 g/mol. The Hall–Kier alpha value is -2.39. The summed E-state index contributed by atoms with van der Waals surface area (Å²) in [7, 11) is -5.80. The van der Waals surface area contributed by atoms with Gasteiger partial charge in [-0.15, -0.1) is 0 Å². The van der Waals surface area contributed by atoms with Crippen molar-refractivity contribution in [2.24, 2.45) is 0 Å². The molecule has 0 N–H and O–H groups in total. The molecule has 0 saturated carbocycles. The fourth-order valence-electron chi connectivity index (χ4n) is 1.61. The van der Waals surface area contributed by atoms with E-state index in [-0.39, 0.29) is 5.56 Å². The Morgan fingerprint density at radius 1 is 0.917 bits per heavy atom. The Kier molecular flexibility index (Phi) is 5.25. The highest BCUT2D eigenvalue weighted by Gasteiger charge is 2.47. The molecule has 0 heterocycles. The second-order valence-electron chi connectivity index (χ2n) is 4.52. The van der Waals surface area contributed by atoms with Gasteiger partial charge in [-0.25, -0.2) is 0 Å². The SMILES string of the molecule is O=C(COS(=O)(=O)C(F)(F)F)c1ccc(Oc2ccccc2)cc1. The highest BCUT2D eigenvalue weighted by atomic mass is 32.2. The van der Waals surface area contributed by atoms with E-state index in [0.29, 0.717) is 11.5 Å². The second-order valence-corrected chi connectivity index (χ2v) is 6.13. The second kappa shape index (κ2) is 7.02. The number of benzene rings is 2. The molecular formula is C15H11F3O5S. The lowest BCUT2D eigenvalue weighted by Crippen LogP contribution is -2.27. The van der Waals surface area contributed by atoms with E-state index in [9.17, 15) is 26.4 Å². The van der Waals surface area contributed by atoms with Crippen molar-refractivity contribution in [3.63, 3.8) is 0 Å². The van der Waals surface area contributed by atoms with E-state index < -0.39 is 28.0 Å². The van der Waals surface area contributed by atoms with E-state index in [2.05, 4.69) is 4.18 Å². The van der Waals surface area contributed by atoms with E-state index in [0.717, 1.165) is 0 Å². The Morgan fingerprint density at radius 2 is 1.46 bits per heavy atom. The summed E-state index contributed by atoms with van der Waals surface area (Å²) < 4.78 is 67.0. The maximum Gasteiger partial charge on any atom is 0.523 e. The average Bonchev–Trinajstić information content (AvgIpc) is 2.53. The highest BCUT2D eigenvalue weighted by Crippen LogP contribution is 2.25. The largest absolute Gasteiger partial charge is 0.523 e. The number of carbonyl (C=O) groups is 1. The van der Waals surface area contributed by atoms with Crippen LogP contribution in [0.2, 0.25) is 0 Å². The van der Waals surface area contributed by atoms with E-state index in [1.54, 1.807) is 24.3 Å². The molecule has 9 heteroatoms.